The lowest BCUT2D eigenvalue weighted by Crippen LogP contribution is -2.18. The highest BCUT2D eigenvalue weighted by molar-refractivity contribution is 9.10. The van der Waals surface area contributed by atoms with Crippen LogP contribution in [0.1, 0.15) is 16.1 Å². The van der Waals surface area contributed by atoms with Gasteiger partial charge in [0.1, 0.15) is 5.69 Å². The number of carbonyl (C=O) groups is 1. The van der Waals surface area contributed by atoms with Gasteiger partial charge in [0.05, 0.1) is 25.5 Å². The molecule has 5 rings (SSSR count). The van der Waals surface area contributed by atoms with E-state index in [1.165, 1.54) is 11.3 Å². The summed E-state index contributed by atoms with van der Waals surface area (Å²) in [5, 5.41) is 12.1. The van der Waals surface area contributed by atoms with E-state index in [4.69, 9.17) is 39.2 Å². The topological polar surface area (TPSA) is 85.8 Å². The van der Waals surface area contributed by atoms with Crippen LogP contribution in [0.15, 0.2) is 63.7 Å². The smallest absolute Gasteiger partial charge is 0.272 e. The van der Waals surface area contributed by atoms with Crippen LogP contribution in [0, 0.1) is 6.92 Å². The number of pyridine rings is 1. The standard InChI is InChI=1S/C23H13BrCl3N5O2S/c1-11-7-13(25)9-14(22-30-31-23(34-22)17-4-5-18(27)35-17)19(11)29-21(33)16-8-12(24)10-32(16)20-15(26)3-2-6-28-20/h2-10H,1H3,(H,29,33). The van der Waals surface area contributed by atoms with Crippen molar-refractivity contribution < 1.29 is 9.21 Å². The van der Waals surface area contributed by atoms with Crippen LogP contribution in [0.3, 0.4) is 0 Å². The summed E-state index contributed by atoms with van der Waals surface area (Å²) in [6.07, 6.45) is 3.32. The predicted molar refractivity (Wildman–Crippen MR) is 142 cm³/mol. The minimum atomic E-state index is -0.395. The Bertz CT molecular complexity index is 1580. The van der Waals surface area contributed by atoms with Crippen molar-refractivity contribution in [3.63, 3.8) is 0 Å². The van der Waals surface area contributed by atoms with Crippen LogP contribution >= 0.6 is 62.1 Å². The first-order chi connectivity index (χ1) is 16.8. The normalized spacial score (nSPS) is 11.1. The van der Waals surface area contributed by atoms with Crippen LogP contribution in [0.25, 0.3) is 28.0 Å². The number of rotatable bonds is 5. The molecule has 0 atom stereocenters. The van der Waals surface area contributed by atoms with Gasteiger partial charge in [-0.3, -0.25) is 9.36 Å². The van der Waals surface area contributed by atoms with Gasteiger partial charge in [0, 0.05) is 21.9 Å². The molecule has 35 heavy (non-hydrogen) atoms. The summed E-state index contributed by atoms with van der Waals surface area (Å²) in [6.45, 7) is 1.83. The molecule has 0 unspecified atom stereocenters. The van der Waals surface area contributed by atoms with Gasteiger partial charge in [0.25, 0.3) is 11.8 Å². The third-order valence-electron chi connectivity index (χ3n) is 4.96. The van der Waals surface area contributed by atoms with Crippen molar-refractivity contribution in [2.75, 3.05) is 5.32 Å². The Morgan fingerprint density at radius 2 is 1.91 bits per heavy atom. The second-order valence-electron chi connectivity index (χ2n) is 7.34. The Hall–Kier alpha value is -2.69. The summed E-state index contributed by atoms with van der Waals surface area (Å²) in [5.41, 5.74) is 2.00. The number of thiophene rings is 1. The Kier molecular flexibility index (Phi) is 6.69. The van der Waals surface area contributed by atoms with Crippen molar-refractivity contribution in [3.8, 4) is 28.0 Å². The number of halogens is 4. The van der Waals surface area contributed by atoms with Crippen LogP contribution in [-0.2, 0) is 0 Å². The molecule has 0 aliphatic carbocycles. The molecule has 0 saturated heterocycles. The minimum Gasteiger partial charge on any atom is -0.415 e. The number of nitrogens with zero attached hydrogens (tertiary/aromatic N) is 4. The van der Waals surface area contributed by atoms with Crippen molar-refractivity contribution in [2.24, 2.45) is 0 Å². The average molecular weight is 610 g/mol. The number of amides is 1. The van der Waals surface area contributed by atoms with Crippen LogP contribution in [0.4, 0.5) is 5.69 Å². The molecule has 1 aromatic carbocycles. The largest absolute Gasteiger partial charge is 0.415 e. The fourth-order valence-corrected chi connectivity index (χ4v) is 5.32. The molecule has 0 saturated carbocycles. The van der Waals surface area contributed by atoms with Gasteiger partial charge in [-0.05, 0) is 70.9 Å². The summed E-state index contributed by atoms with van der Waals surface area (Å²) < 4.78 is 8.80. The summed E-state index contributed by atoms with van der Waals surface area (Å²) in [5.74, 6) is 0.548. The number of hydrogen-bond donors (Lipinski definition) is 1. The molecule has 1 amide bonds. The van der Waals surface area contributed by atoms with Crippen molar-refractivity contribution in [2.45, 2.75) is 6.92 Å². The number of hydrogen-bond acceptors (Lipinski definition) is 6. The van der Waals surface area contributed by atoms with Gasteiger partial charge in [-0.25, -0.2) is 4.98 Å². The number of anilines is 1. The van der Waals surface area contributed by atoms with E-state index in [2.05, 4.69) is 36.4 Å². The van der Waals surface area contributed by atoms with Gasteiger partial charge in [-0.1, -0.05) is 34.8 Å². The molecular formula is C23H13BrCl3N5O2S. The summed E-state index contributed by atoms with van der Waals surface area (Å²) in [4.78, 5) is 18.5. The quantitative estimate of drug-likeness (QED) is 0.219. The highest BCUT2D eigenvalue weighted by atomic mass is 79.9. The summed E-state index contributed by atoms with van der Waals surface area (Å²) >= 11 is 23.4. The van der Waals surface area contributed by atoms with E-state index in [-0.39, 0.29) is 5.89 Å². The Morgan fingerprint density at radius 3 is 2.66 bits per heavy atom. The van der Waals surface area contributed by atoms with Gasteiger partial charge >= 0.3 is 0 Å². The number of carbonyl (C=O) groups excluding carboxylic acids is 1. The number of aryl methyl sites for hydroxylation is 1. The Balaban J connectivity index is 1.54. The van der Waals surface area contributed by atoms with Crippen LogP contribution in [0.2, 0.25) is 14.4 Å². The zero-order chi connectivity index (χ0) is 24.7. The first-order valence-electron chi connectivity index (χ1n) is 10.00. The molecule has 0 spiro atoms. The highest BCUT2D eigenvalue weighted by Gasteiger charge is 2.22. The third-order valence-corrected chi connectivity index (χ3v) is 7.13. The lowest BCUT2D eigenvalue weighted by atomic mass is 10.1. The van der Waals surface area contributed by atoms with E-state index in [1.54, 1.807) is 59.4 Å². The monoisotopic (exact) mass is 607 g/mol. The van der Waals surface area contributed by atoms with Gasteiger partial charge in [-0.2, -0.15) is 0 Å². The van der Waals surface area contributed by atoms with Crippen molar-refractivity contribution >= 4 is 73.7 Å². The van der Waals surface area contributed by atoms with Crippen molar-refractivity contribution in [3.05, 3.63) is 85.0 Å². The molecule has 0 radical (unpaired) electrons. The SMILES string of the molecule is Cc1cc(Cl)cc(-c2nnc(-c3ccc(Cl)s3)o2)c1NC(=O)c1cc(Br)cn1-c1ncccc1Cl. The molecule has 4 heterocycles. The third kappa shape index (κ3) is 4.87. The molecule has 0 aliphatic heterocycles. The highest BCUT2D eigenvalue weighted by Crippen LogP contribution is 2.37. The number of aromatic nitrogens is 4. The van der Waals surface area contributed by atoms with E-state index >= 15 is 0 Å². The Labute approximate surface area is 226 Å². The molecule has 12 heteroatoms. The van der Waals surface area contributed by atoms with E-state index < -0.39 is 5.91 Å². The van der Waals surface area contributed by atoms with Crippen molar-refractivity contribution in [1.82, 2.24) is 19.7 Å². The minimum absolute atomic E-state index is 0.203. The summed E-state index contributed by atoms with van der Waals surface area (Å²) in [7, 11) is 0. The maximum atomic E-state index is 13.4. The number of benzene rings is 1. The van der Waals surface area contributed by atoms with Gasteiger partial charge in [-0.15, -0.1) is 21.5 Å². The van der Waals surface area contributed by atoms with Crippen molar-refractivity contribution in [1.29, 1.82) is 0 Å². The zero-order valence-electron chi connectivity index (χ0n) is 17.7. The molecule has 176 valence electrons. The second kappa shape index (κ2) is 9.75. The molecule has 4 aromatic heterocycles. The number of nitrogens with one attached hydrogen (secondary N) is 1. The fourth-order valence-electron chi connectivity index (χ4n) is 3.45. The van der Waals surface area contributed by atoms with Gasteiger partial charge in [0.15, 0.2) is 5.82 Å². The molecule has 0 bridgehead atoms. The molecule has 0 fully saturated rings. The zero-order valence-corrected chi connectivity index (χ0v) is 22.4. The molecule has 7 nitrogen and oxygen atoms in total. The molecule has 5 aromatic rings. The van der Waals surface area contributed by atoms with E-state index in [0.717, 1.165) is 4.88 Å². The maximum absolute atomic E-state index is 13.4. The molecular weight excluding hydrogens is 597 g/mol. The molecule has 1 N–H and O–H groups in total. The predicted octanol–water partition coefficient (Wildman–Crippen LogP) is 7.93. The first-order valence-corrected chi connectivity index (χ1v) is 12.7. The van der Waals surface area contributed by atoms with E-state index in [9.17, 15) is 4.79 Å². The Morgan fingerprint density at radius 1 is 1.11 bits per heavy atom. The van der Waals surface area contributed by atoms with Crippen LogP contribution in [-0.4, -0.2) is 25.7 Å². The average Bonchev–Trinajstić information content (AvgIpc) is 3.55. The summed E-state index contributed by atoms with van der Waals surface area (Å²) in [6, 6.07) is 12.0. The van der Waals surface area contributed by atoms with E-state index in [0.29, 0.717) is 53.1 Å². The van der Waals surface area contributed by atoms with E-state index in [1.807, 2.05) is 6.92 Å². The fraction of sp³-hybridized carbons (Fsp3) is 0.0435. The van der Waals surface area contributed by atoms with Gasteiger partial charge in [0.2, 0.25) is 5.89 Å². The first kappa shape index (κ1) is 24.0. The maximum Gasteiger partial charge on any atom is 0.272 e. The van der Waals surface area contributed by atoms with Gasteiger partial charge < -0.3 is 9.73 Å². The van der Waals surface area contributed by atoms with Crippen LogP contribution in [0.5, 0.6) is 0 Å². The lowest BCUT2D eigenvalue weighted by Gasteiger charge is -2.14. The lowest BCUT2D eigenvalue weighted by molar-refractivity contribution is 0.102. The second-order valence-corrected chi connectivity index (χ2v) is 10.8. The van der Waals surface area contributed by atoms with Crippen LogP contribution < -0.4 is 5.32 Å². The molecule has 0 aliphatic rings.